The van der Waals surface area contributed by atoms with Crippen molar-refractivity contribution in [3.63, 3.8) is 0 Å². The van der Waals surface area contributed by atoms with Gasteiger partial charge in [0.25, 0.3) is 0 Å². The van der Waals surface area contributed by atoms with E-state index in [9.17, 15) is 33.9 Å². The molecule has 2 aliphatic carbocycles. The lowest BCUT2D eigenvalue weighted by molar-refractivity contribution is -0.279. The molecule has 0 amide bonds. The standard InChI is InChI=1S/C34H46O15/c1-16(2)12-25(39)49-28-26(45-19(5)36)29(46-20(6)37)33(15-43-33)27-30(47-21(7)38)34(41)17(3)31(40)48-24(34)13-22(14-42-9)10-11-23(32(27,28)8)44-18(4)35/h10-11,13,16-17,23-24,26-30,41H,12,14-15H2,1-9H3. The van der Waals surface area contributed by atoms with Crippen molar-refractivity contribution in [2.45, 2.75) is 110 Å². The smallest absolute Gasteiger partial charge is 0.312 e. The number of carbonyl (C=O) groups is 6. The van der Waals surface area contributed by atoms with Crippen LogP contribution in [0.4, 0.5) is 0 Å². The van der Waals surface area contributed by atoms with E-state index in [-0.39, 0.29) is 25.6 Å². The molecule has 2 saturated heterocycles. The number of aliphatic hydroxyl groups is 1. The first-order valence-electron chi connectivity index (χ1n) is 16.2. The van der Waals surface area contributed by atoms with E-state index in [0.29, 0.717) is 5.57 Å². The summed E-state index contributed by atoms with van der Waals surface area (Å²) < 4.78 is 46.9. The third-order valence-corrected chi connectivity index (χ3v) is 9.66. The van der Waals surface area contributed by atoms with Crippen molar-refractivity contribution in [3.05, 3.63) is 23.8 Å². The third kappa shape index (κ3) is 7.11. The minimum Gasteiger partial charge on any atom is -0.459 e. The zero-order valence-electron chi connectivity index (χ0n) is 29.2. The Bertz CT molecular complexity index is 1410. The highest BCUT2D eigenvalue weighted by Gasteiger charge is 2.81. The second-order valence-electron chi connectivity index (χ2n) is 13.8. The van der Waals surface area contributed by atoms with Crippen molar-refractivity contribution >= 4 is 35.8 Å². The van der Waals surface area contributed by atoms with Gasteiger partial charge in [-0.3, -0.25) is 28.8 Å². The van der Waals surface area contributed by atoms with Crippen LogP contribution < -0.4 is 0 Å². The molecule has 11 unspecified atom stereocenters. The molecule has 15 heteroatoms. The molecule has 11 atom stereocenters. The summed E-state index contributed by atoms with van der Waals surface area (Å²) in [5.74, 6) is -7.72. The van der Waals surface area contributed by atoms with E-state index in [1.54, 1.807) is 20.8 Å². The van der Waals surface area contributed by atoms with Crippen molar-refractivity contribution in [1.29, 1.82) is 0 Å². The van der Waals surface area contributed by atoms with Crippen LogP contribution in [0.2, 0.25) is 0 Å². The van der Waals surface area contributed by atoms with Crippen LogP contribution in [-0.2, 0) is 66.7 Å². The number of ether oxygens (including phenoxy) is 8. The number of epoxide rings is 1. The van der Waals surface area contributed by atoms with Gasteiger partial charge in [-0.2, -0.15) is 0 Å². The summed E-state index contributed by atoms with van der Waals surface area (Å²) in [5, 5.41) is 12.8. The van der Waals surface area contributed by atoms with Crippen LogP contribution in [0.3, 0.4) is 0 Å². The maximum Gasteiger partial charge on any atom is 0.312 e. The molecular formula is C34H46O15. The Morgan fingerprint density at radius 3 is 2.00 bits per heavy atom. The minimum absolute atomic E-state index is 0.0510. The first kappa shape index (κ1) is 38.0. The topological polar surface area (TPSA) is 200 Å². The minimum atomic E-state index is -2.33. The Balaban J connectivity index is 2.17. The van der Waals surface area contributed by atoms with E-state index in [4.69, 9.17) is 37.9 Å². The summed E-state index contributed by atoms with van der Waals surface area (Å²) in [6, 6.07) is 0. The molecule has 4 rings (SSSR count). The number of hydrogen-bond donors (Lipinski definition) is 1. The predicted octanol–water partition coefficient (Wildman–Crippen LogP) is 1.51. The van der Waals surface area contributed by atoms with Crippen LogP contribution in [-0.4, -0.2) is 109 Å². The van der Waals surface area contributed by atoms with Crippen LogP contribution in [0.1, 0.15) is 61.8 Å². The number of fused-ring (bicyclic) bond motifs is 3. The van der Waals surface area contributed by atoms with Crippen LogP contribution in [0, 0.1) is 23.2 Å². The van der Waals surface area contributed by atoms with E-state index >= 15 is 0 Å². The Labute approximate surface area is 284 Å². The summed E-state index contributed by atoms with van der Waals surface area (Å²) in [5.41, 5.74) is -5.48. The fourth-order valence-corrected chi connectivity index (χ4v) is 7.61. The molecule has 49 heavy (non-hydrogen) atoms. The molecular weight excluding hydrogens is 648 g/mol. The van der Waals surface area contributed by atoms with Gasteiger partial charge in [0.1, 0.15) is 17.8 Å². The molecule has 0 aromatic rings. The zero-order valence-corrected chi connectivity index (χ0v) is 29.2. The van der Waals surface area contributed by atoms with E-state index in [2.05, 4.69) is 0 Å². The summed E-state index contributed by atoms with van der Waals surface area (Å²) in [6.07, 6.45) is -4.79. The normalized spacial score (nSPS) is 37.9. The van der Waals surface area contributed by atoms with Gasteiger partial charge in [-0.05, 0) is 30.6 Å². The van der Waals surface area contributed by atoms with Crippen LogP contribution in [0.5, 0.6) is 0 Å². The number of hydrogen-bond acceptors (Lipinski definition) is 15. The highest BCUT2D eigenvalue weighted by atomic mass is 16.7. The molecule has 272 valence electrons. The van der Waals surface area contributed by atoms with E-state index < -0.39 is 101 Å². The lowest BCUT2D eigenvalue weighted by Crippen LogP contribution is -2.76. The Hall–Kier alpha value is -3.82. The second-order valence-corrected chi connectivity index (χ2v) is 13.8. The SMILES string of the molecule is COCC1=CC2OC(=O)C(C)C2(O)C(OC(C)=O)C2C3(CO3)C(OC(C)=O)C(OC(C)=O)C(OC(=O)CC(C)C)C2(C)C(OC(C)=O)C=C1. The second kappa shape index (κ2) is 14.2. The predicted molar refractivity (Wildman–Crippen MR) is 165 cm³/mol. The van der Waals surface area contributed by atoms with Gasteiger partial charge >= 0.3 is 35.8 Å². The highest BCUT2D eigenvalue weighted by molar-refractivity contribution is 5.78. The molecule has 3 fully saturated rings. The molecule has 0 aromatic carbocycles. The average Bonchev–Trinajstić information content (AvgIpc) is 3.72. The van der Waals surface area contributed by atoms with Gasteiger partial charge in [0.2, 0.25) is 0 Å². The van der Waals surface area contributed by atoms with E-state index in [0.717, 1.165) is 27.7 Å². The monoisotopic (exact) mass is 694 g/mol. The molecule has 4 aliphatic rings. The largest absolute Gasteiger partial charge is 0.459 e. The first-order valence-corrected chi connectivity index (χ1v) is 16.2. The first-order chi connectivity index (χ1) is 22.8. The van der Waals surface area contributed by atoms with Crippen LogP contribution >= 0.6 is 0 Å². The van der Waals surface area contributed by atoms with Crippen molar-refractivity contribution in [3.8, 4) is 0 Å². The summed E-state index contributed by atoms with van der Waals surface area (Å²) in [4.78, 5) is 78.0. The van der Waals surface area contributed by atoms with Gasteiger partial charge in [0.15, 0.2) is 30.0 Å². The molecule has 0 radical (unpaired) electrons. The number of methoxy groups -OCH3 is 1. The fourth-order valence-electron chi connectivity index (χ4n) is 7.61. The van der Waals surface area contributed by atoms with Gasteiger partial charge in [-0.1, -0.05) is 26.8 Å². The van der Waals surface area contributed by atoms with Crippen molar-refractivity contribution < 1.29 is 71.8 Å². The summed E-state index contributed by atoms with van der Waals surface area (Å²) in [6.45, 7) is 10.8. The van der Waals surface area contributed by atoms with Crippen molar-refractivity contribution in [2.75, 3.05) is 20.3 Å². The highest BCUT2D eigenvalue weighted by Crippen LogP contribution is 2.63. The Morgan fingerprint density at radius 2 is 1.49 bits per heavy atom. The summed E-state index contributed by atoms with van der Waals surface area (Å²) >= 11 is 0. The zero-order chi connectivity index (χ0) is 36.6. The van der Waals surface area contributed by atoms with Crippen LogP contribution in [0.25, 0.3) is 0 Å². The summed E-state index contributed by atoms with van der Waals surface area (Å²) in [7, 11) is 1.42. The van der Waals surface area contributed by atoms with Gasteiger partial charge in [-0.25, -0.2) is 0 Å². The molecule has 0 aromatic heterocycles. The average molecular weight is 695 g/mol. The van der Waals surface area contributed by atoms with Crippen molar-refractivity contribution in [1.82, 2.24) is 0 Å². The lowest BCUT2D eigenvalue weighted by atomic mass is 9.51. The van der Waals surface area contributed by atoms with Gasteiger partial charge < -0.3 is 43.0 Å². The van der Waals surface area contributed by atoms with Gasteiger partial charge in [-0.15, -0.1) is 0 Å². The Morgan fingerprint density at radius 1 is 0.918 bits per heavy atom. The van der Waals surface area contributed by atoms with Crippen LogP contribution in [0.15, 0.2) is 23.8 Å². The molecule has 1 spiro atoms. The van der Waals surface area contributed by atoms with Crippen molar-refractivity contribution in [2.24, 2.45) is 23.2 Å². The Kier molecular flexibility index (Phi) is 11.0. The molecule has 1 saturated carbocycles. The number of carbonyl (C=O) groups excluding carboxylic acids is 6. The molecule has 2 aliphatic heterocycles. The van der Waals surface area contributed by atoms with Gasteiger partial charge in [0, 0.05) is 47.1 Å². The number of esters is 6. The van der Waals surface area contributed by atoms with Gasteiger partial charge in [0.05, 0.1) is 24.5 Å². The molecule has 0 bridgehead atoms. The quantitative estimate of drug-likeness (QED) is 0.207. The molecule has 2 heterocycles. The molecule has 1 N–H and O–H groups in total. The lowest BCUT2D eigenvalue weighted by Gasteiger charge is -2.59. The maximum atomic E-state index is 13.6. The fraction of sp³-hybridized carbons (Fsp3) is 0.706. The van der Waals surface area contributed by atoms with E-state index in [1.165, 1.54) is 32.3 Å². The maximum absolute atomic E-state index is 13.6. The number of rotatable bonds is 9. The van der Waals surface area contributed by atoms with E-state index in [1.807, 2.05) is 0 Å². The third-order valence-electron chi connectivity index (χ3n) is 9.66. The molecule has 15 nitrogen and oxygen atoms in total.